The van der Waals surface area contributed by atoms with Crippen LogP contribution >= 0.6 is 0 Å². The zero-order valence-electron chi connectivity index (χ0n) is 14.2. The van der Waals surface area contributed by atoms with Gasteiger partial charge in [-0.15, -0.1) is 0 Å². The van der Waals surface area contributed by atoms with Crippen LogP contribution in [0, 0.1) is 0 Å². The third kappa shape index (κ3) is 4.64. The number of carbonyl (C=O) groups excluding carboxylic acids is 1. The summed E-state index contributed by atoms with van der Waals surface area (Å²) >= 11 is 0. The molecule has 130 valence electrons. The molecule has 0 saturated heterocycles. The minimum Gasteiger partial charge on any atom is -0.507 e. The lowest BCUT2D eigenvalue weighted by Gasteiger charge is -2.10. The third-order valence-electron chi connectivity index (χ3n) is 3.43. The van der Waals surface area contributed by atoms with Crippen molar-refractivity contribution < 1.29 is 24.1 Å². The van der Waals surface area contributed by atoms with E-state index in [2.05, 4.69) is 6.58 Å². The molecule has 0 unspecified atom stereocenters. The summed E-state index contributed by atoms with van der Waals surface area (Å²) in [7, 11) is 2.90. The third-order valence-corrected chi connectivity index (χ3v) is 3.43. The van der Waals surface area contributed by atoms with Crippen LogP contribution in [0.1, 0.15) is 15.9 Å². The maximum atomic E-state index is 12.4. The lowest BCUT2D eigenvalue weighted by atomic mass is 10.1. The minimum absolute atomic E-state index is 0.0884. The Labute approximate surface area is 146 Å². The molecule has 0 aliphatic rings. The SMILES string of the molecule is C=CCOc1ccc(/C=C/C(=O)c2c(O)cc(OC)cc2OC)cc1. The van der Waals surface area contributed by atoms with Crippen LogP contribution in [-0.4, -0.2) is 31.7 Å². The van der Waals surface area contributed by atoms with E-state index in [-0.39, 0.29) is 22.8 Å². The van der Waals surface area contributed by atoms with Crippen LogP contribution in [-0.2, 0) is 0 Å². The van der Waals surface area contributed by atoms with Crippen LogP contribution in [0.15, 0.2) is 55.1 Å². The van der Waals surface area contributed by atoms with Crippen molar-refractivity contribution in [3.8, 4) is 23.0 Å². The van der Waals surface area contributed by atoms with Crippen molar-refractivity contribution >= 4 is 11.9 Å². The van der Waals surface area contributed by atoms with Crippen LogP contribution in [0.25, 0.3) is 6.08 Å². The number of ketones is 1. The molecular formula is C20H20O5. The van der Waals surface area contributed by atoms with Crippen molar-refractivity contribution in [3.63, 3.8) is 0 Å². The lowest BCUT2D eigenvalue weighted by molar-refractivity contribution is 0.104. The van der Waals surface area contributed by atoms with E-state index < -0.39 is 0 Å². The molecule has 0 spiro atoms. The molecule has 0 aliphatic carbocycles. The summed E-state index contributed by atoms with van der Waals surface area (Å²) in [6.07, 6.45) is 4.70. The molecule has 0 heterocycles. The highest BCUT2D eigenvalue weighted by atomic mass is 16.5. The first-order valence-corrected chi connectivity index (χ1v) is 7.60. The molecule has 2 aromatic rings. The van der Waals surface area contributed by atoms with Crippen LogP contribution < -0.4 is 14.2 Å². The summed E-state index contributed by atoms with van der Waals surface area (Å²) in [5.41, 5.74) is 0.914. The summed E-state index contributed by atoms with van der Waals surface area (Å²) in [6, 6.07) is 10.2. The van der Waals surface area contributed by atoms with Crippen molar-refractivity contribution in [2.45, 2.75) is 0 Å². The Morgan fingerprint density at radius 2 is 1.84 bits per heavy atom. The number of aromatic hydroxyl groups is 1. The number of carbonyl (C=O) groups is 1. The van der Waals surface area contributed by atoms with Crippen molar-refractivity contribution in [1.29, 1.82) is 0 Å². The average Bonchev–Trinajstić information content (AvgIpc) is 2.64. The van der Waals surface area contributed by atoms with Gasteiger partial charge in [0.1, 0.15) is 35.2 Å². The van der Waals surface area contributed by atoms with Gasteiger partial charge in [-0.3, -0.25) is 4.79 Å². The van der Waals surface area contributed by atoms with Crippen molar-refractivity contribution in [2.75, 3.05) is 20.8 Å². The van der Waals surface area contributed by atoms with Crippen molar-refractivity contribution in [3.05, 3.63) is 66.3 Å². The first kappa shape index (κ1) is 18.1. The molecule has 0 bridgehead atoms. The van der Waals surface area contributed by atoms with Crippen LogP contribution in [0.5, 0.6) is 23.0 Å². The first-order chi connectivity index (χ1) is 12.1. The molecule has 0 fully saturated rings. The van der Waals surface area contributed by atoms with Gasteiger partial charge in [0.2, 0.25) is 0 Å². The number of hydrogen-bond acceptors (Lipinski definition) is 5. The molecule has 2 rings (SSSR count). The number of phenols is 1. The Morgan fingerprint density at radius 3 is 2.44 bits per heavy atom. The van der Waals surface area contributed by atoms with Crippen molar-refractivity contribution in [1.82, 2.24) is 0 Å². The lowest BCUT2D eigenvalue weighted by Crippen LogP contribution is -2.00. The van der Waals surface area contributed by atoms with Crippen LogP contribution in [0.3, 0.4) is 0 Å². The van der Waals surface area contributed by atoms with Gasteiger partial charge in [-0.05, 0) is 23.8 Å². The predicted octanol–water partition coefficient (Wildman–Crippen LogP) is 3.87. The minimum atomic E-state index is -0.371. The molecule has 5 nitrogen and oxygen atoms in total. The fourth-order valence-corrected chi connectivity index (χ4v) is 2.19. The Balaban J connectivity index is 2.19. The second-order valence-corrected chi connectivity index (χ2v) is 5.09. The van der Waals surface area contributed by atoms with Gasteiger partial charge in [0, 0.05) is 12.1 Å². The molecule has 5 heteroatoms. The molecule has 0 aliphatic heterocycles. The average molecular weight is 340 g/mol. The van der Waals surface area contributed by atoms with Gasteiger partial charge in [0.15, 0.2) is 5.78 Å². The van der Waals surface area contributed by atoms with Gasteiger partial charge in [-0.1, -0.05) is 30.9 Å². The molecule has 0 aromatic heterocycles. The molecule has 2 aromatic carbocycles. The predicted molar refractivity (Wildman–Crippen MR) is 96.7 cm³/mol. The first-order valence-electron chi connectivity index (χ1n) is 7.60. The van der Waals surface area contributed by atoms with Crippen LogP contribution in [0.4, 0.5) is 0 Å². The van der Waals surface area contributed by atoms with Gasteiger partial charge < -0.3 is 19.3 Å². The van der Waals surface area contributed by atoms with E-state index in [4.69, 9.17) is 14.2 Å². The molecule has 0 saturated carbocycles. The van der Waals surface area contributed by atoms with Gasteiger partial charge in [-0.25, -0.2) is 0 Å². The second kappa shape index (κ2) is 8.59. The summed E-state index contributed by atoms with van der Waals surface area (Å²) in [5, 5.41) is 10.1. The summed E-state index contributed by atoms with van der Waals surface area (Å²) in [6.45, 7) is 4.03. The number of rotatable bonds is 8. The highest BCUT2D eigenvalue weighted by Crippen LogP contribution is 2.33. The molecule has 0 amide bonds. The number of allylic oxidation sites excluding steroid dienone is 1. The van der Waals surface area contributed by atoms with Gasteiger partial charge in [-0.2, -0.15) is 0 Å². The van der Waals surface area contributed by atoms with E-state index in [0.717, 1.165) is 11.3 Å². The maximum Gasteiger partial charge on any atom is 0.193 e. The van der Waals surface area contributed by atoms with E-state index in [1.54, 1.807) is 30.4 Å². The highest BCUT2D eigenvalue weighted by Gasteiger charge is 2.17. The fourth-order valence-electron chi connectivity index (χ4n) is 2.19. The Morgan fingerprint density at radius 1 is 1.12 bits per heavy atom. The summed E-state index contributed by atoms with van der Waals surface area (Å²) in [4.78, 5) is 12.4. The number of benzene rings is 2. The normalized spacial score (nSPS) is 10.5. The zero-order valence-corrected chi connectivity index (χ0v) is 14.2. The van der Waals surface area contributed by atoms with E-state index in [9.17, 15) is 9.90 Å². The van der Waals surface area contributed by atoms with Gasteiger partial charge >= 0.3 is 0 Å². The topological polar surface area (TPSA) is 65.0 Å². The zero-order chi connectivity index (χ0) is 18.2. The van der Waals surface area contributed by atoms with E-state index in [1.807, 2.05) is 12.1 Å². The van der Waals surface area contributed by atoms with E-state index >= 15 is 0 Å². The second-order valence-electron chi connectivity index (χ2n) is 5.09. The van der Waals surface area contributed by atoms with E-state index in [0.29, 0.717) is 12.4 Å². The van der Waals surface area contributed by atoms with Gasteiger partial charge in [0.25, 0.3) is 0 Å². The van der Waals surface area contributed by atoms with Gasteiger partial charge in [0.05, 0.1) is 14.2 Å². The Bertz CT molecular complexity index is 775. The maximum absolute atomic E-state index is 12.4. The summed E-state index contributed by atoms with van der Waals surface area (Å²) < 4.78 is 15.6. The number of methoxy groups -OCH3 is 2. The molecule has 1 N–H and O–H groups in total. The Kier molecular flexibility index (Phi) is 6.23. The monoisotopic (exact) mass is 340 g/mol. The van der Waals surface area contributed by atoms with E-state index in [1.165, 1.54) is 26.4 Å². The highest BCUT2D eigenvalue weighted by molar-refractivity contribution is 6.10. The molecule has 0 radical (unpaired) electrons. The number of phenolic OH excluding ortho intramolecular Hbond substituents is 1. The molecular weight excluding hydrogens is 320 g/mol. The number of ether oxygens (including phenoxy) is 3. The Hall–Kier alpha value is -3.21. The smallest absolute Gasteiger partial charge is 0.193 e. The quantitative estimate of drug-likeness (QED) is 0.449. The molecule has 25 heavy (non-hydrogen) atoms. The fraction of sp³-hybridized carbons (Fsp3) is 0.150. The largest absolute Gasteiger partial charge is 0.507 e. The van der Waals surface area contributed by atoms with Crippen LogP contribution in [0.2, 0.25) is 0 Å². The molecule has 0 atom stereocenters. The standard InChI is InChI=1S/C20H20O5/c1-4-11-25-15-8-5-14(6-9-15)7-10-17(21)20-18(22)12-16(23-2)13-19(20)24-3/h4-10,12-13,22H,1,11H2,2-3H3/b10-7+. The van der Waals surface area contributed by atoms with Crippen molar-refractivity contribution in [2.24, 2.45) is 0 Å². The summed E-state index contributed by atoms with van der Waals surface area (Å²) in [5.74, 6) is 0.811. The number of hydrogen-bond donors (Lipinski definition) is 1.